The molecule has 2 fully saturated rings. The summed E-state index contributed by atoms with van der Waals surface area (Å²) in [6.45, 7) is 4.62. The minimum atomic E-state index is 0.515. The lowest BCUT2D eigenvalue weighted by atomic mass is 9.98. The fraction of sp³-hybridized carbons (Fsp3) is 0.429. The molecular formula is C21H26ClN3O2S. The van der Waals surface area contributed by atoms with E-state index in [1.165, 1.54) is 12.0 Å². The van der Waals surface area contributed by atoms with Gasteiger partial charge in [0.05, 0.1) is 6.61 Å². The van der Waals surface area contributed by atoms with Gasteiger partial charge in [0.25, 0.3) is 0 Å². The van der Waals surface area contributed by atoms with Crippen LogP contribution in [0.1, 0.15) is 40.2 Å². The van der Waals surface area contributed by atoms with Gasteiger partial charge in [0.1, 0.15) is 5.82 Å². The van der Waals surface area contributed by atoms with E-state index >= 15 is 0 Å². The summed E-state index contributed by atoms with van der Waals surface area (Å²) in [7, 11) is 1.90. The zero-order valence-electron chi connectivity index (χ0n) is 16.3. The third-order valence-corrected chi connectivity index (χ3v) is 6.25. The van der Waals surface area contributed by atoms with E-state index in [0.29, 0.717) is 5.92 Å². The van der Waals surface area contributed by atoms with Crippen molar-refractivity contribution in [1.29, 1.82) is 0 Å². The molecule has 0 saturated carbocycles. The fourth-order valence-electron chi connectivity index (χ4n) is 3.21. The van der Waals surface area contributed by atoms with Crippen LogP contribution in [0.3, 0.4) is 0 Å². The van der Waals surface area contributed by atoms with Gasteiger partial charge in [-0.25, -0.2) is 4.98 Å². The molecule has 1 atom stereocenters. The number of benzene rings is 1. The number of nitrogens with one attached hydrogen (secondary N) is 1. The van der Waals surface area contributed by atoms with Crippen LogP contribution >= 0.6 is 23.5 Å². The van der Waals surface area contributed by atoms with Crippen molar-refractivity contribution in [2.45, 2.75) is 25.7 Å². The van der Waals surface area contributed by atoms with Crippen molar-refractivity contribution in [2.75, 3.05) is 42.2 Å². The lowest BCUT2D eigenvalue weighted by Gasteiger charge is -2.15. The first-order valence-corrected chi connectivity index (χ1v) is 10.8. The van der Waals surface area contributed by atoms with E-state index in [9.17, 15) is 4.79 Å². The Balaban J connectivity index is 0.000000161. The van der Waals surface area contributed by atoms with Gasteiger partial charge in [0.15, 0.2) is 6.29 Å². The maximum atomic E-state index is 10.7. The number of aromatic nitrogens is 1. The highest BCUT2D eigenvalue weighted by Crippen LogP contribution is 2.30. The van der Waals surface area contributed by atoms with Crippen molar-refractivity contribution < 1.29 is 9.53 Å². The standard InChI is InChI=1S/C11H14ClNO.C10H12N2OS/c1-13-11-5-9(4-10(12)6-11)8-2-3-14-7-8;1-8-6-11-10(5-9(8)7-13)12-3-2-4-14-12/h4-6,8,13H,2-3,7H2,1H3;5-7H,2-4H2,1H3. The van der Waals surface area contributed by atoms with Crippen LogP contribution in [0.25, 0.3) is 0 Å². The summed E-state index contributed by atoms with van der Waals surface area (Å²) < 4.78 is 7.51. The largest absolute Gasteiger partial charge is 0.388 e. The molecule has 1 N–H and O–H groups in total. The molecule has 2 aliphatic heterocycles. The quantitative estimate of drug-likeness (QED) is 0.559. The normalized spacial score (nSPS) is 18.5. The Morgan fingerprint density at radius 2 is 2.21 bits per heavy atom. The van der Waals surface area contributed by atoms with Gasteiger partial charge in [0.2, 0.25) is 0 Å². The number of pyridine rings is 1. The predicted octanol–water partition coefficient (Wildman–Crippen LogP) is 4.95. The van der Waals surface area contributed by atoms with E-state index in [4.69, 9.17) is 16.3 Å². The summed E-state index contributed by atoms with van der Waals surface area (Å²) in [5, 5.41) is 3.90. The van der Waals surface area contributed by atoms with Crippen molar-refractivity contribution in [3.8, 4) is 0 Å². The van der Waals surface area contributed by atoms with Gasteiger partial charge in [-0.2, -0.15) is 0 Å². The number of hydrogen-bond donors (Lipinski definition) is 1. The number of carbonyl (C=O) groups is 1. The first-order valence-electron chi connectivity index (χ1n) is 9.49. The number of anilines is 2. The van der Waals surface area contributed by atoms with Crippen LogP contribution < -0.4 is 9.62 Å². The van der Waals surface area contributed by atoms with E-state index in [0.717, 1.165) is 65.9 Å². The van der Waals surface area contributed by atoms with Crippen LogP contribution in [-0.4, -0.2) is 43.8 Å². The van der Waals surface area contributed by atoms with E-state index < -0.39 is 0 Å². The molecule has 0 aliphatic carbocycles. The molecule has 1 aromatic carbocycles. The topological polar surface area (TPSA) is 54.5 Å². The van der Waals surface area contributed by atoms with Crippen LogP contribution in [-0.2, 0) is 4.74 Å². The highest BCUT2D eigenvalue weighted by Gasteiger charge is 2.18. The molecule has 0 amide bonds. The van der Waals surface area contributed by atoms with E-state index in [2.05, 4.69) is 20.7 Å². The van der Waals surface area contributed by atoms with Crippen molar-refractivity contribution in [1.82, 2.24) is 4.98 Å². The van der Waals surface area contributed by atoms with Crippen LogP contribution in [0, 0.1) is 6.92 Å². The second kappa shape index (κ2) is 10.1. The molecule has 7 heteroatoms. The molecular weight excluding hydrogens is 394 g/mol. The second-order valence-corrected chi connectivity index (χ2v) is 8.43. The van der Waals surface area contributed by atoms with Crippen LogP contribution in [0.2, 0.25) is 5.02 Å². The average molecular weight is 420 g/mol. The summed E-state index contributed by atoms with van der Waals surface area (Å²) in [5.74, 6) is 2.56. The van der Waals surface area contributed by atoms with Gasteiger partial charge in [-0.05, 0) is 67.1 Å². The number of rotatable bonds is 4. The number of carbonyl (C=O) groups excluding carboxylic acids is 1. The van der Waals surface area contributed by atoms with E-state index in [-0.39, 0.29) is 0 Å². The Hall–Kier alpha value is -1.76. The number of aldehydes is 1. The van der Waals surface area contributed by atoms with Crippen LogP contribution in [0.5, 0.6) is 0 Å². The number of aryl methyl sites for hydroxylation is 1. The monoisotopic (exact) mass is 419 g/mol. The molecule has 150 valence electrons. The zero-order chi connectivity index (χ0) is 19.9. The third-order valence-electron chi connectivity index (χ3n) is 4.88. The SMILES string of the molecule is CNc1cc(Cl)cc(C2CCOC2)c1.Cc1cnc(N2CCCS2)cc1C=O. The third kappa shape index (κ3) is 5.40. The van der Waals surface area contributed by atoms with Crippen molar-refractivity contribution in [2.24, 2.45) is 0 Å². The maximum absolute atomic E-state index is 10.7. The molecule has 2 aromatic rings. The number of halogens is 1. The number of nitrogens with zero attached hydrogens (tertiary/aromatic N) is 2. The molecule has 0 spiro atoms. The Morgan fingerprint density at radius 3 is 2.86 bits per heavy atom. The zero-order valence-corrected chi connectivity index (χ0v) is 17.9. The molecule has 4 rings (SSSR count). The molecule has 1 unspecified atom stereocenters. The van der Waals surface area contributed by atoms with Crippen molar-refractivity contribution >= 4 is 41.3 Å². The Kier molecular flexibility index (Phi) is 7.59. The van der Waals surface area contributed by atoms with Crippen molar-refractivity contribution in [3.05, 3.63) is 52.2 Å². The van der Waals surface area contributed by atoms with Gasteiger partial charge in [-0.3, -0.25) is 4.79 Å². The summed E-state index contributed by atoms with van der Waals surface area (Å²) in [5.41, 5.74) is 4.02. The van der Waals surface area contributed by atoms with Crippen LogP contribution in [0.15, 0.2) is 30.5 Å². The van der Waals surface area contributed by atoms with Crippen molar-refractivity contribution in [3.63, 3.8) is 0 Å². The molecule has 3 heterocycles. The number of hydrogen-bond acceptors (Lipinski definition) is 6. The Morgan fingerprint density at radius 1 is 1.36 bits per heavy atom. The summed E-state index contributed by atoms with van der Waals surface area (Å²) in [6, 6.07) is 7.97. The smallest absolute Gasteiger partial charge is 0.150 e. The van der Waals surface area contributed by atoms with Gasteiger partial charge in [0, 0.05) is 54.3 Å². The van der Waals surface area contributed by atoms with Crippen LogP contribution in [0.4, 0.5) is 11.5 Å². The molecule has 5 nitrogen and oxygen atoms in total. The number of ether oxygens (including phenoxy) is 1. The average Bonchev–Trinajstić information content (AvgIpc) is 3.42. The summed E-state index contributed by atoms with van der Waals surface area (Å²) >= 11 is 7.80. The first-order chi connectivity index (χ1) is 13.6. The Labute approximate surface area is 175 Å². The maximum Gasteiger partial charge on any atom is 0.150 e. The van der Waals surface area contributed by atoms with Gasteiger partial charge >= 0.3 is 0 Å². The fourth-order valence-corrected chi connectivity index (χ4v) is 4.42. The second-order valence-electron chi connectivity index (χ2n) is 6.89. The predicted molar refractivity (Wildman–Crippen MR) is 118 cm³/mol. The van der Waals surface area contributed by atoms with E-state index in [1.807, 2.05) is 32.2 Å². The molecule has 2 saturated heterocycles. The summed E-state index contributed by atoms with van der Waals surface area (Å²) in [4.78, 5) is 15.1. The molecule has 0 bridgehead atoms. The van der Waals surface area contributed by atoms with E-state index in [1.54, 1.807) is 18.1 Å². The lowest BCUT2D eigenvalue weighted by molar-refractivity contribution is 0.112. The van der Waals surface area contributed by atoms with Gasteiger partial charge < -0.3 is 14.4 Å². The molecule has 1 aromatic heterocycles. The molecule has 2 aliphatic rings. The minimum absolute atomic E-state index is 0.515. The Bertz CT molecular complexity index is 806. The highest BCUT2D eigenvalue weighted by atomic mass is 35.5. The lowest BCUT2D eigenvalue weighted by Crippen LogP contribution is -2.11. The van der Waals surface area contributed by atoms with Gasteiger partial charge in [-0.15, -0.1) is 0 Å². The van der Waals surface area contributed by atoms with Gasteiger partial charge in [-0.1, -0.05) is 11.6 Å². The highest BCUT2D eigenvalue weighted by molar-refractivity contribution is 8.00. The summed E-state index contributed by atoms with van der Waals surface area (Å²) in [6.07, 6.45) is 4.94. The molecule has 0 radical (unpaired) electrons. The molecule has 28 heavy (non-hydrogen) atoms. The first kappa shape index (κ1) is 21.0. The minimum Gasteiger partial charge on any atom is -0.388 e.